The molecule has 1 saturated heterocycles. The fourth-order valence-corrected chi connectivity index (χ4v) is 2.76. The number of nitrogens with one attached hydrogen (secondary N) is 2. The highest BCUT2D eigenvalue weighted by molar-refractivity contribution is 5.76. The molecule has 1 aromatic rings. The average Bonchev–Trinajstić information content (AvgIpc) is 2.48. The zero-order valence-corrected chi connectivity index (χ0v) is 13.2. The van der Waals surface area contributed by atoms with E-state index in [1.54, 1.807) is 7.11 Å². The SMILES string of the molecule is COc1ccc(CCC(=O)NC2CCNCC2(C)C)cc1. The van der Waals surface area contributed by atoms with Crippen LogP contribution in [0.1, 0.15) is 32.3 Å². The molecule has 0 radical (unpaired) electrons. The van der Waals surface area contributed by atoms with Gasteiger partial charge < -0.3 is 15.4 Å². The Morgan fingerprint density at radius 2 is 2.10 bits per heavy atom. The second kappa shape index (κ2) is 6.94. The maximum Gasteiger partial charge on any atom is 0.220 e. The van der Waals surface area contributed by atoms with Crippen LogP contribution in [0, 0.1) is 5.41 Å². The number of hydrogen-bond acceptors (Lipinski definition) is 3. The van der Waals surface area contributed by atoms with Gasteiger partial charge >= 0.3 is 0 Å². The zero-order chi connectivity index (χ0) is 15.3. The number of carbonyl (C=O) groups excluding carboxylic acids is 1. The van der Waals surface area contributed by atoms with Crippen LogP contribution in [0.15, 0.2) is 24.3 Å². The van der Waals surface area contributed by atoms with Gasteiger partial charge in [0.25, 0.3) is 0 Å². The summed E-state index contributed by atoms with van der Waals surface area (Å²) in [5.74, 6) is 0.991. The van der Waals surface area contributed by atoms with Crippen molar-refractivity contribution in [3.8, 4) is 5.75 Å². The molecule has 116 valence electrons. The number of aryl methyl sites for hydroxylation is 1. The van der Waals surface area contributed by atoms with Crippen molar-refractivity contribution < 1.29 is 9.53 Å². The van der Waals surface area contributed by atoms with Gasteiger partial charge in [-0.25, -0.2) is 0 Å². The summed E-state index contributed by atoms with van der Waals surface area (Å²) in [6, 6.07) is 8.16. The Labute approximate surface area is 127 Å². The lowest BCUT2D eigenvalue weighted by Crippen LogP contribution is -2.54. The van der Waals surface area contributed by atoms with Crippen molar-refractivity contribution in [3.63, 3.8) is 0 Å². The second-order valence-corrected chi connectivity index (χ2v) is 6.42. The molecular formula is C17H26N2O2. The number of methoxy groups -OCH3 is 1. The smallest absolute Gasteiger partial charge is 0.220 e. The van der Waals surface area contributed by atoms with Gasteiger partial charge in [0.2, 0.25) is 5.91 Å². The van der Waals surface area contributed by atoms with E-state index in [9.17, 15) is 4.79 Å². The number of piperidine rings is 1. The Balaban J connectivity index is 1.81. The van der Waals surface area contributed by atoms with E-state index < -0.39 is 0 Å². The van der Waals surface area contributed by atoms with Crippen LogP contribution in [0.25, 0.3) is 0 Å². The Morgan fingerprint density at radius 1 is 1.38 bits per heavy atom. The van der Waals surface area contributed by atoms with Gasteiger partial charge in [-0.3, -0.25) is 4.79 Å². The topological polar surface area (TPSA) is 50.4 Å². The molecule has 1 aromatic carbocycles. The minimum atomic E-state index is 0.119. The predicted octanol–water partition coefficient (Wildman–Crippen LogP) is 2.13. The van der Waals surface area contributed by atoms with E-state index in [1.807, 2.05) is 24.3 Å². The first-order valence-electron chi connectivity index (χ1n) is 7.64. The van der Waals surface area contributed by atoms with Crippen LogP contribution in [0.2, 0.25) is 0 Å². The Bertz CT molecular complexity index is 468. The van der Waals surface area contributed by atoms with Crippen molar-refractivity contribution in [2.45, 2.75) is 39.2 Å². The van der Waals surface area contributed by atoms with E-state index in [4.69, 9.17) is 4.74 Å². The van der Waals surface area contributed by atoms with Gasteiger partial charge in [0, 0.05) is 19.0 Å². The highest BCUT2D eigenvalue weighted by atomic mass is 16.5. The van der Waals surface area contributed by atoms with Crippen LogP contribution < -0.4 is 15.4 Å². The highest BCUT2D eigenvalue weighted by Crippen LogP contribution is 2.25. The maximum atomic E-state index is 12.1. The molecule has 1 aliphatic heterocycles. The first-order chi connectivity index (χ1) is 10.0. The van der Waals surface area contributed by atoms with Gasteiger partial charge in [0.15, 0.2) is 0 Å². The van der Waals surface area contributed by atoms with Gasteiger partial charge in [-0.05, 0) is 42.5 Å². The number of hydrogen-bond donors (Lipinski definition) is 2. The summed E-state index contributed by atoms with van der Waals surface area (Å²) in [7, 11) is 1.66. The molecule has 0 aromatic heterocycles. The summed E-state index contributed by atoms with van der Waals surface area (Å²) < 4.78 is 5.13. The lowest BCUT2D eigenvalue weighted by molar-refractivity contribution is -0.122. The molecule has 4 heteroatoms. The third-order valence-corrected chi connectivity index (χ3v) is 4.27. The third kappa shape index (κ3) is 4.46. The maximum absolute atomic E-state index is 12.1. The lowest BCUT2D eigenvalue weighted by atomic mass is 9.80. The number of benzene rings is 1. The van der Waals surface area contributed by atoms with Crippen LogP contribution in [-0.2, 0) is 11.2 Å². The number of carbonyl (C=O) groups is 1. The predicted molar refractivity (Wildman–Crippen MR) is 84.5 cm³/mol. The van der Waals surface area contributed by atoms with Crippen molar-refractivity contribution in [1.82, 2.24) is 10.6 Å². The van der Waals surface area contributed by atoms with E-state index in [-0.39, 0.29) is 17.4 Å². The molecule has 2 N–H and O–H groups in total. The summed E-state index contributed by atoms with van der Waals surface area (Å²) in [4.78, 5) is 12.1. The van der Waals surface area contributed by atoms with Crippen LogP contribution >= 0.6 is 0 Å². The van der Waals surface area contributed by atoms with Gasteiger partial charge in [-0.2, -0.15) is 0 Å². The van der Waals surface area contributed by atoms with E-state index in [2.05, 4.69) is 24.5 Å². The molecule has 1 amide bonds. The zero-order valence-electron chi connectivity index (χ0n) is 13.2. The van der Waals surface area contributed by atoms with E-state index >= 15 is 0 Å². The van der Waals surface area contributed by atoms with Crippen LogP contribution in [0.3, 0.4) is 0 Å². The number of amides is 1. The number of ether oxygens (including phenoxy) is 1. The Hall–Kier alpha value is -1.55. The minimum absolute atomic E-state index is 0.119. The van der Waals surface area contributed by atoms with Gasteiger partial charge in [0.1, 0.15) is 5.75 Å². The van der Waals surface area contributed by atoms with E-state index in [0.29, 0.717) is 6.42 Å². The fourth-order valence-electron chi connectivity index (χ4n) is 2.76. The fraction of sp³-hybridized carbons (Fsp3) is 0.588. The molecule has 1 unspecified atom stereocenters. The molecule has 0 aliphatic carbocycles. The second-order valence-electron chi connectivity index (χ2n) is 6.42. The van der Waals surface area contributed by atoms with Crippen LogP contribution in [0.4, 0.5) is 0 Å². The molecule has 0 bridgehead atoms. The Kier molecular flexibility index (Phi) is 5.23. The molecule has 2 rings (SSSR count). The summed E-state index contributed by atoms with van der Waals surface area (Å²) in [6.07, 6.45) is 2.30. The quantitative estimate of drug-likeness (QED) is 0.873. The normalized spacial score (nSPS) is 20.8. The van der Waals surface area contributed by atoms with E-state index in [0.717, 1.165) is 37.2 Å². The van der Waals surface area contributed by atoms with Gasteiger partial charge in [0.05, 0.1) is 7.11 Å². The summed E-state index contributed by atoms with van der Waals surface area (Å²) in [5.41, 5.74) is 1.28. The van der Waals surface area contributed by atoms with Crippen molar-refractivity contribution >= 4 is 5.91 Å². The molecule has 1 atom stereocenters. The minimum Gasteiger partial charge on any atom is -0.497 e. The van der Waals surface area contributed by atoms with Crippen molar-refractivity contribution in [2.24, 2.45) is 5.41 Å². The van der Waals surface area contributed by atoms with Crippen molar-refractivity contribution in [2.75, 3.05) is 20.2 Å². The molecule has 0 spiro atoms. The first-order valence-corrected chi connectivity index (χ1v) is 7.64. The molecular weight excluding hydrogens is 264 g/mol. The summed E-state index contributed by atoms with van der Waals surface area (Å²) >= 11 is 0. The monoisotopic (exact) mass is 290 g/mol. The lowest BCUT2D eigenvalue weighted by Gasteiger charge is -2.39. The molecule has 4 nitrogen and oxygen atoms in total. The molecule has 21 heavy (non-hydrogen) atoms. The van der Waals surface area contributed by atoms with Gasteiger partial charge in [-0.15, -0.1) is 0 Å². The molecule has 1 aliphatic rings. The van der Waals surface area contributed by atoms with Crippen molar-refractivity contribution in [3.05, 3.63) is 29.8 Å². The first kappa shape index (κ1) is 15.8. The average molecular weight is 290 g/mol. The van der Waals surface area contributed by atoms with Crippen LogP contribution in [-0.4, -0.2) is 32.1 Å². The molecule has 0 saturated carbocycles. The standard InChI is InChI=1S/C17H26N2O2/c1-17(2)12-18-11-10-15(17)19-16(20)9-6-13-4-7-14(21-3)8-5-13/h4-5,7-8,15,18H,6,9-12H2,1-3H3,(H,19,20). The van der Waals surface area contributed by atoms with Crippen LogP contribution in [0.5, 0.6) is 5.75 Å². The van der Waals surface area contributed by atoms with Gasteiger partial charge in [-0.1, -0.05) is 26.0 Å². The summed E-state index contributed by atoms with van der Waals surface area (Å²) in [6.45, 7) is 6.34. The number of rotatable bonds is 5. The summed E-state index contributed by atoms with van der Waals surface area (Å²) in [5, 5.41) is 6.58. The molecule has 1 heterocycles. The Morgan fingerprint density at radius 3 is 2.71 bits per heavy atom. The van der Waals surface area contributed by atoms with Crippen molar-refractivity contribution in [1.29, 1.82) is 0 Å². The molecule has 1 fully saturated rings. The van der Waals surface area contributed by atoms with E-state index in [1.165, 1.54) is 0 Å². The largest absolute Gasteiger partial charge is 0.497 e. The third-order valence-electron chi connectivity index (χ3n) is 4.27. The highest BCUT2D eigenvalue weighted by Gasteiger charge is 2.32.